The molecule has 1 N–H and O–H groups in total. The average molecular weight is 441 g/mol. The van der Waals surface area contributed by atoms with E-state index < -0.39 is 5.97 Å². The van der Waals surface area contributed by atoms with Crippen molar-refractivity contribution in [1.82, 2.24) is 19.4 Å². The minimum absolute atomic E-state index is 0.0550. The molecule has 0 fully saturated rings. The van der Waals surface area contributed by atoms with Gasteiger partial charge in [0, 0.05) is 29.9 Å². The van der Waals surface area contributed by atoms with E-state index in [0.29, 0.717) is 18.5 Å². The predicted octanol–water partition coefficient (Wildman–Crippen LogP) is 4.87. The van der Waals surface area contributed by atoms with Crippen molar-refractivity contribution in [2.75, 3.05) is 0 Å². The maximum atomic E-state index is 12.9. The number of rotatable bonds is 6. The van der Waals surface area contributed by atoms with Gasteiger partial charge in [0.1, 0.15) is 5.69 Å². The Morgan fingerprint density at radius 2 is 1.73 bits per heavy atom. The van der Waals surface area contributed by atoms with Gasteiger partial charge in [0.15, 0.2) is 0 Å². The maximum absolute atomic E-state index is 12.9. The number of hydrogen-bond donors (Lipinski definition) is 1. The number of benzene rings is 1. The number of aromatic nitrogens is 4. The summed E-state index contributed by atoms with van der Waals surface area (Å²) in [4.78, 5) is 24.0. The summed E-state index contributed by atoms with van der Waals surface area (Å²) in [6.07, 6.45) is 5.86. The zero-order valence-electron chi connectivity index (χ0n) is 18.1. The fraction of sp³-hybridized carbons (Fsp3) is 0.231. The van der Waals surface area contributed by atoms with E-state index in [1.165, 1.54) is 4.68 Å². The molecular formula is C26H24N4O3. The van der Waals surface area contributed by atoms with Gasteiger partial charge in [0.05, 0.1) is 16.8 Å². The highest BCUT2D eigenvalue weighted by atomic mass is 16.4. The molecule has 33 heavy (non-hydrogen) atoms. The summed E-state index contributed by atoms with van der Waals surface area (Å²) in [5.41, 5.74) is 5.83. The maximum Gasteiger partial charge on any atom is 0.303 e. The summed E-state index contributed by atoms with van der Waals surface area (Å²) in [6, 6.07) is 19.1. The molecule has 166 valence electrons. The zero-order valence-corrected chi connectivity index (χ0v) is 18.1. The van der Waals surface area contributed by atoms with Crippen molar-refractivity contribution in [3.8, 4) is 22.5 Å². The number of allylic oxidation sites excluding steroid dienone is 2. The quantitative estimate of drug-likeness (QED) is 0.462. The largest absolute Gasteiger partial charge is 0.481 e. The molecule has 0 unspecified atom stereocenters. The van der Waals surface area contributed by atoms with Crippen molar-refractivity contribution in [3.63, 3.8) is 0 Å². The van der Waals surface area contributed by atoms with E-state index in [1.54, 1.807) is 12.1 Å². The van der Waals surface area contributed by atoms with Crippen molar-refractivity contribution in [1.29, 1.82) is 0 Å². The lowest BCUT2D eigenvalue weighted by atomic mass is 9.93. The molecule has 5 rings (SSSR count). The van der Waals surface area contributed by atoms with Crippen molar-refractivity contribution in [3.05, 3.63) is 82.8 Å². The second-order valence-electron chi connectivity index (χ2n) is 8.24. The molecular weight excluding hydrogens is 416 g/mol. The third-order valence-electron chi connectivity index (χ3n) is 6.09. The lowest BCUT2D eigenvalue weighted by Gasteiger charge is -2.21. The summed E-state index contributed by atoms with van der Waals surface area (Å²) in [5, 5.41) is 18.7. The summed E-state index contributed by atoms with van der Waals surface area (Å²) in [6.45, 7) is 0. The fourth-order valence-electron chi connectivity index (χ4n) is 4.52. The van der Waals surface area contributed by atoms with Crippen LogP contribution in [0.4, 0.5) is 0 Å². The first kappa shape index (κ1) is 20.9. The topological polar surface area (TPSA) is 89.5 Å². The lowest BCUT2D eigenvalue weighted by molar-refractivity contribution is -0.136. The third kappa shape index (κ3) is 4.09. The normalized spacial score (nSPS) is 14.1. The number of nitrogens with zero attached hydrogens (tertiary/aromatic N) is 4. The van der Waals surface area contributed by atoms with E-state index in [0.717, 1.165) is 52.9 Å². The summed E-state index contributed by atoms with van der Waals surface area (Å²) in [7, 11) is 0. The molecule has 0 atom stereocenters. The number of carboxylic acid groups (broad SMARTS) is 1. The van der Waals surface area contributed by atoms with Gasteiger partial charge in [-0.05, 0) is 55.9 Å². The van der Waals surface area contributed by atoms with Crippen LogP contribution >= 0.6 is 0 Å². The van der Waals surface area contributed by atoms with Gasteiger partial charge in [-0.25, -0.2) is 9.20 Å². The molecule has 3 heterocycles. The second-order valence-corrected chi connectivity index (χ2v) is 8.24. The van der Waals surface area contributed by atoms with Gasteiger partial charge in [0.25, 0.3) is 5.56 Å². The van der Waals surface area contributed by atoms with Gasteiger partial charge in [-0.2, -0.15) is 10.2 Å². The summed E-state index contributed by atoms with van der Waals surface area (Å²) < 4.78 is 3.31. The molecule has 1 aliphatic carbocycles. The Kier molecular flexibility index (Phi) is 5.60. The highest BCUT2D eigenvalue weighted by Gasteiger charge is 2.21. The Morgan fingerprint density at radius 3 is 2.55 bits per heavy atom. The molecule has 0 bridgehead atoms. The van der Waals surface area contributed by atoms with Crippen LogP contribution in [-0.2, 0) is 4.79 Å². The highest BCUT2D eigenvalue weighted by Crippen LogP contribution is 2.35. The van der Waals surface area contributed by atoms with E-state index >= 15 is 0 Å². The van der Waals surface area contributed by atoms with Crippen molar-refractivity contribution in [2.45, 2.75) is 38.5 Å². The molecule has 0 saturated carbocycles. The second kappa shape index (κ2) is 8.86. The molecule has 3 aromatic heterocycles. The Balaban J connectivity index is 1.69. The lowest BCUT2D eigenvalue weighted by Crippen LogP contribution is -2.24. The monoisotopic (exact) mass is 440 g/mol. The van der Waals surface area contributed by atoms with Crippen LogP contribution in [0.3, 0.4) is 0 Å². The molecule has 1 aromatic carbocycles. The third-order valence-corrected chi connectivity index (χ3v) is 6.09. The van der Waals surface area contributed by atoms with Crippen LogP contribution in [0, 0.1) is 0 Å². The van der Waals surface area contributed by atoms with Crippen LogP contribution in [0.25, 0.3) is 33.7 Å². The number of hydrogen-bond acceptors (Lipinski definition) is 4. The van der Waals surface area contributed by atoms with E-state index in [1.807, 2.05) is 59.2 Å². The van der Waals surface area contributed by atoms with Gasteiger partial charge in [-0.1, -0.05) is 36.4 Å². The van der Waals surface area contributed by atoms with E-state index in [-0.39, 0.29) is 12.0 Å². The molecule has 0 spiro atoms. The van der Waals surface area contributed by atoms with E-state index in [9.17, 15) is 9.59 Å². The number of carboxylic acids is 1. The minimum atomic E-state index is -0.833. The first-order valence-corrected chi connectivity index (χ1v) is 11.2. The Labute approximate surface area is 190 Å². The Bertz CT molecular complexity index is 1420. The van der Waals surface area contributed by atoms with Crippen LogP contribution in [0.1, 0.15) is 38.5 Å². The smallest absolute Gasteiger partial charge is 0.303 e. The molecule has 4 aromatic rings. The van der Waals surface area contributed by atoms with Gasteiger partial charge in [0.2, 0.25) is 0 Å². The summed E-state index contributed by atoms with van der Waals surface area (Å²) >= 11 is 0. The number of aliphatic carboxylic acids is 1. The van der Waals surface area contributed by atoms with Crippen LogP contribution in [0.2, 0.25) is 0 Å². The van der Waals surface area contributed by atoms with Gasteiger partial charge >= 0.3 is 5.97 Å². The van der Waals surface area contributed by atoms with Crippen LogP contribution in [-0.4, -0.2) is 30.5 Å². The van der Waals surface area contributed by atoms with Crippen LogP contribution < -0.4 is 5.56 Å². The standard InChI is InChI=1S/C26H24N4O3/c31-23-15-14-20(27-30(23)21-11-5-4-8-18(21)13-16-24(32)33)25-22-12-6-7-17-29(22)28-26(25)19-9-2-1-3-10-19/h1-3,6-7,9-10,12,14-15,17H,4-5,8,11,13,16H2,(H,32,33). The molecule has 7 heteroatoms. The first-order chi connectivity index (χ1) is 16.1. The zero-order chi connectivity index (χ0) is 22.8. The SMILES string of the molecule is O=C(O)CCC1=C(n2nc(-c3c(-c4ccccc4)nn4ccccc34)ccc2=O)CCCC1. The minimum Gasteiger partial charge on any atom is -0.481 e. The Morgan fingerprint density at radius 1 is 0.939 bits per heavy atom. The molecule has 0 radical (unpaired) electrons. The van der Waals surface area contributed by atoms with Gasteiger partial charge in [-0.15, -0.1) is 0 Å². The predicted molar refractivity (Wildman–Crippen MR) is 127 cm³/mol. The van der Waals surface area contributed by atoms with Gasteiger partial charge < -0.3 is 5.11 Å². The van der Waals surface area contributed by atoms with Crippen LogP contribution in [0.15, 0.2) is 77.2 Å². The number of fused-ring (bicyclic) bond motifs is 1. The van der Waals surface area contributed by atoms with E-state index in [2.05, 4.69) is 0 Å². The van der Waals surface area contributed by atoms with Crippen molar-refractivity contribution < 1.29 is 9.90 Å². The van der Waals surface area contributed by atoms with Crippen molar-refractivity contribution in [2.24, 2.45) is 0 Å². The first-order valence-electron chi connectivity index (χ1n) is 11.2. The Hall–Kier alpha value is -4.00. The molecule has 0 aliphatic heterocycles. The highest BCUT2D eigenvalue weighted by molar-refractivity contribution is 5.90. The molecule has 1 aliphatic rings. The van der Waals surface area contributed by atoms with Gasteiger partial charge in [-0.3, -0.25) is 9.59 Å². The fourth-order valence-corrected chi connectivity index (χ4v) is 4.52. The van der Waals surface area contributed by atoms with E-state index in [4.69, 9.17) is 15.3 Å². The number of pyridine rings is 1. The molecule has 7 nitrogen and oxygen atoms in total. The van der Waals surface area contributed by atoms with Crippen LogP contribution in [0.5, 0.6) is 0 Å². The number of carbonyl (C=O) groups is 1. The molecule has 0 saturated heterocycles. The van der Waals surface area contributed by atoms with Crippen molar-refractivity contribution >= 4 is 17.2 Å². The summed E-state index contributed by atoms with van der Waals surface area (Å²) in [5.74, 6) is -0.833. The molecule has 0 amide bonds. The average Bonchev–Trinajstić information content (AvgIpc) is 3.24.